The van der Waals surface area contributed by atoms with Crippen molar-refractivity contribution in [2.24, 2.45) is 5.92 Å². The fourth-order valence-corrected chi connectivity index (χ4v) is 8.78. The second-order valence-corrected chi connectivity index (χ2v) is 16.5. The van der Waals surface area contributed by atoms with E-state index in [2.05, 4.69) is 48.8 Å². The van der Waals surface area contributed by atoms with Crippen molar-refractivity contribution in [3.63, 3.8) is 0 Å². The highest BCUT2D eigenvalue weighted by Crippen LogP contribution is 2.35. The molecule has 0 aliphatic carbocycles. The van der Waals surface area contributed by atoms with E-state index >= 15 is 0 Å². The largest absolute Gasteiger partial charge is 0.507 e. The predicted molar refractivity (Wildman–Crippen MR) is 220 cm³/mol. The molecule has 0 radical (unpaired) electrons. The summed E-state index contributed by atoms with van der Waals surface area (Å²) < 4.78 is 11.6. The molecule has 0 saturated carbocycles. The van der Waals surface area contributed by atoms with Gasteiger partial charge in [0.25, 0.3) is 5.88 Å². The number of thiazole rings is 1. The van der Waals surface area contributed by atoms with Crippen LogP contribution in [0.15, 0.2) is 88.9 Å². The minimum Gasteiger partial charge on any atom is -0.507 e. The molecular weight excluding hydrogens is 755 g/mol. The molecule has 8 rings (SSSR count). The second-order valence-electron chi connectivity index (χ2n) is 15.7. The molecule has 13 nitrogen and oxygen atoms in total. The van der Waals surface area contributed by atoms with E-state index in [1.165, 1.54) is 10.5 Å². The molecule has 3 aromatic carbocycles. The third kappa shape index (κ3) is 8.17. The quantitative estimate of drug-likeness (QED) is 0.117. The van der Waals surface area contributed by atoms with E-state index in [9.17, 15) is 19.8 Å². The van der Waals surface area contributed by atoms with E-state index in [1.807, 2.05) is 75.7 Å². The van der Waals surface area contributed by atoms with Gasteiger partial charge >= 0.3 is 0 Å². The van der Waals surface area contributed by atoms with E-state index in [0.717, 1.165) is 45.7 Å². The highest BCUT2D eigenvalue weighted by molar-refractivity contribution is 7.13. The number of carbonyl (C=O) groups excluding carboxylic acids is 2. The molecule has 0 unspecified atom stereocenters. The Morgan fingerprint density at radius 2 is 1.79 bits per heavy atom. The minimum absolute atomic E-state index is 0.0545. The summed E-state index contributed by atoms with van der Waals surface area (Å²) >= 11 is 1.59. The molecule has 300 valence electrons. The molecule has 3 N–H and O–H groups in total. The molecule has 0 bridgehead atoms. The molecule has 2 fully saturated rings. The van der Waals surface area contributed by atoms with Gasteiger partial charge in [-0.1, -0.05) is 62.4 Å². The maximum atomic E-state index is 14.1. The fourth-order valence-electron chi connectivity index (χ4n) is 7.97. The molecule has 5 heterocycles. The van der Waals surface area contributed by atoms with Crippen molar-refractivity contribution in [3.8, 4) is 33.3 Å². The predicted octanol–water partition coefficient (Wildman–Crippen LogP) is 6.48. The van der Waals surface area contributed by atoms with Crippen molar-refractivity contribution >= 4 is 34.1 Å². The number of phenols is 1. The Hall–Kier alpha value is -5.70. The number of phenolic OH excluding ortho intramolecular Hbond substituents is 1. The first-order valence-corrected chi connectivity index (χ1v) is 20.6. The summed E-state index contributed by atoms with van der Waals surface area (Å²) in [5.41, 5.74) is 8.10. The van der Waals surface area contributed by atoms with E-state index < -0.39 is 18.1 Å². The Morgan fingerprint density at radius 1 is 1.00 bits per heavy atom. The summed E-state index contributed by atoms with van der Waals surface area (Å²) in [5, 5.41) is 37.8. The topological polar surface area (TPSA) is 167 Å². The molecule has 2 amide bonds. The van der Waals surface area contributed by atoms with Gasteiger partial charge in [-0.05, 0) is 65.9 Å². The first-order chi connectivity index (χ1) is 28.0. The first kappa shape index (κ1) is 39.1. The van der Waals surface area contributed by atoms with Gasteiger partial charge in [-0.15, -0.1) is 21.5 Å². The number of fused-ring (bicyclic) bond motifs is 1. The van der Waals surface area contributed by atoms with Crippen LogP contribution in [0.2, 0.25) is 0 Å². The van der Waals surface area contributed by atoms with Crippen LogP contribution in [0.5, 0.6) is 11.6 Å². The number of para-hydroxylation sites is 1. The van der Waals surface area contributed by atoms with Crippen molar-refractivity contribution in [2.75, 3.05) is 32.8 Å². The van der Waals surface area contributed by atoms with Crippen molar-refractivity contribution < 1.29 is 29.1 Å². The summed E-state index contributed by atoms with van der Waals surface area (Å²) in [7, 11) is 0. The Morgan fingerprint density at radius 3 is 2.53 bits per heavy atom. The molecule has 2 aliphatic heterocycles. The van der Waals surface area contributed by atoms with Crippen molar-refractivity contribution in [1.29, 1.82) is 0 Å². The molecule has 14 heteroatoms. The van der Waals surface area contributed by atoms with Crippen LogP contribution in [-0.2, 0) is 9.59 Å². The Kier molecular flexibility index (Phi) is 11.2. The fraction of sp³-hybridized carbons (Fsp3) is 0.364. The lowest BCUT2D eigenvalue weighted by Gasteiger charge is -2.39. The lowest BCUT2D eigenvalue weighted by atomic mass is 9.91. The first-order valence-electron chi connectivity index (χ1n) is 19.7. The van der Waals surface area contributed by atoms with Crippen molar-refractivity contribution in [1.82, 2.24) is 35.5 Å². The number of hydrogen-bond donors (Lipinski definition) is 3. The monoisotopic (exact) mass is 801 g/mol. The number of aliphatic hydroxyl groups is 1. The van der Waals surface area contributed by atoms with Crippen LogP contribution in [-0.4, -0.2) is 97.1 Å². The molecule has 4 atom stereocenters. The summed E-state index contributed by atoms with van der Waals surface area (Å²) in [6, 6.07) is 23.9. The summed E-state index contributed by atoms with van der Waals surface area (Å²) in [4.78, 5) is 37.0. The van der Waals surface area contributed by atoms with E-state index in [0.29, 0.717) is 42.0 Å². The van der Waals surface area contributed by atoms with Gasteiger partial charge in [0.2, 0.25) is 11.8 Å². The van der Waals surface area contributed by atoms with Crippen LogP contribution in [0.25, 0.3) is 32.6 Å². The lowest BCUT2D eigenvalue weighted by Crippen LogP contribution is -2.48. The number of nitrogens with one attached hydrogen (secondary N) is 1. The van der Waals surface area contributed by atoms with Gasteiger partial charge in [0.15, 0.2) is 5.76 Å². The van der Waals surface area contributed by atoms with Gasteiger partial charge in [-0.3, -0.25) is 14.5 Å². The van der Waals surface area contributed by atoms with Gasteiger partial charge < -0.3 is 29.7 Å². The lowest BCUT2D eigenvalue weighted by molar-refractivity contribution is -0.141. The van der Waals surface area contributed by atoms with E-state index in [-0.39, 0.29) is 42.5 Å². The zero-order valence-corrected chi connectivity index (χ0v) is 33.7. The number of aliphatic hydroxyl groups excluding tert-OH is 1. The molecule has 2 aliphatic rings. The number of rotatable bonds is 13. The number of β-amino-alcohol motifs (C(OH)–C–C–N with tert-alkyl or cyclic N) is 1. The molecule has 58 heavy (non-hydrogen) atoms. The number of amides is 2. The highest BCUT2D eigenvalue weighted by atomic mass is 32.1. The van der Waals surface area contributed by atoms with Gasteiger partial charge in [0.05, 0.1) is 39.4 Å². The molecule has 6 aromatic rings. The Bertz CT molecular complexity index is 2410. The summed E-state index contributed by atoms with van der Waals surface area (Å²) in [6.45, 7) is 10.6. The van der Waals surface area contributed by atoms with Gasteiger partial charge in [0.1, 0.15) is 24.3 Å². The molecule has 0 spiro atoms. The zero-order valence-electron chi connectivity index (χ0n) is 32.9. The van der Waals surface area contributed by atoms with Crippen molar-refractivity contribution in [2.45, 2.75) is 64.1 Å². The number of aryl methyl sites for hydroxylation is 1. The number of likely N-dealkylation sites (tertiary alicyclic amines) is 2. The van der Waals surface area contributed by atoms with E-state index in [4.69, 9.17) is 9.26 Å². The molecular formula is C44H47N7O6S. The van der Waals surface area contributed by atoms with Gasteiger partial charge in [-0.2, -0.15) is 0 Å². The summed E-state index contributed by atoms with van der Waals surface area (Å²) in [6.07, 6.45) is -0.670. The third-order valence-electron chi connectivity index (χ3n) is 11.3. The number of aromatic nitrogens is 4. The molecule has 3 aromatic heterocycles. The third-order valence-corrected chi connectivity index (χ3v) is 12.2. The van der Waals surface area contributed by atoms with Crippen LogP contribution in [0.4, 0.5) is 0 Å². The summed E-state index contributed by atoms with van der Waals surface area (Å²) in [5.74, 6) is -0.312. The zero-order chi connectivity index (χ0) is 40.5. The smallest absolute Gasteiger partial charge is 0.254 e. The van der Waals surface area contributed by atoms with Crippen molar-refractivity contribution in [3.05, 3.63) is 107 Å². The maximum absolute atomic E-state index is 14.1. The number of nitrogens with zero attached hydrogens (tertiary/aromatic N) is 6. The number of ether oxygens (including phenoxy) is 1. The van der Waals surface area contributed by atoms with Crippen LogP contribution < -0.4 is 10.1 Å². The number of benzene rings is 3. The standard InChI is InChI=1S/C44H47N7O6S/c1-25(2)41(44(55)51-23-33(52)19-37(51)43(54)46-26(3)28-9-11-29(12-10-28)42-27(4)45-24-58-42)39-20-40(49-57-39)56-16-15-50-21-32(22-50)30-13-14-31-18-36(48-47-35(31)17-30)34-7-5-6-8-38(34)53/h5-14,17-18,20,24-26,32-33,37,41,52-53H,15-16,19,21-23H2,1-4H3,(H,46,54)/t26-,33+,37-,41+/m0/s1. The maximum Gasteiger partial charge on any atom is 0.254 e. The van der Waals surface area contributed by atoms with Gasteiger partial charge in [0, 0.05) is 55.5 Å². The van der Waals surface area contributed by atoms with E-state index in [1.54, 1.807) is 29.5 Å². The number of hydrogen-bond acceptors (Lipinski definition) is 12. The highest BCUT2D eigenvalue weighted by Gasteiger charge is 2.43. The van der Waals surface area contributed by atoms with Crippen LogP contribution in [0.1, 0.15) is 67.7 Å². The Balaban J connectivity index is 0.834. The SMILES string of the molecule is Cc1ncsc1-c1ccc([C@H](C)NC(=O)[C@@H]2C[C@@H](O)CN2C(=O)[C@@H](c2cc(OCCN3CC(c4ccc5cc(-c6ccccc6O)nnc5c4)C3)no2)C(C)C)cc1. The average molecular weight is 802 g/mol. The molecule has 2 saturated heterocycles. The Labute approximate surface area is 340 Å². The normalized spacial score (nSPS) is 18.3. The average Bonchev–Trinajstić information content (AvgIpc) is 3.95. The van der Waals surface area contributed by atoms with Crippen LogP contribution in [0.3, 0.4) is 0 Å². The van der Waals surface area contributed by atoms with Crippen LogP contribution in [0, 0.1) is 12.8 Å². The number of aromatic hydroxyl groups is 1. The van der Waals surface area contributed by atoms with Crippen LogP contribution >= 0.6 is 11.3 Å². The van der Waals surface area contributed by atoms with Gasteiger partial charge in [-0.25, -0.2) is 4.98 Å². The number of carbonyl (C=O) groups is 2. The second kappa shape index (κ2) is 16.6. The minimum atomic E-state index is -0.824.